The number of anilines is 1. The molecule has 0 bridgehead atoms. The number of rotatable bonds is 6. The highest BCUT2D eigenvalue weighted by Crippen LogP contribution is 2.25. The minimum atomic E-state index is -0.338. The molecule has 1 fully saturated rings. The van der Waals surface area contributed by atoms with Crippen molar-refractivity contribution in [3.05, 3.63) is 65.0 Å². The molecule has 0 unspecified atom stereocenters. The molecule has 1 atom stereocenters. The van der Waals surface area contributed by atoms with Crippen molar-refractivity contribution < 1.29 is 14.0 Å². The summed E-state index contributed by atoms with van der Waals surface area (Å²) in [6, 6.07) is 12.3. The Hall–Kier alpha value is -2.69. The maximum atomic E-state index is 13.0. The van der Waals surface area contributed by atoms with Crippen LogP contribution in [0.25, 0.3) is 0 Å². The van der Waals surface area contributed by atoms with E-state index in [1.165, 1.54) is 12.1 Å². The summed E-state index contributed by atoms with van der Waals surface area (Å²) in [5.41, 5.74) is 3.97. The summed E-state index contributed by atoms with van der Waals surface area (Å²) in [4.78, 5) is 26.7. The zero-order valence-corrected chi connectivity index (χ0v) is 15.8. The summed E-state index contributed by atoms with van der Waals surface area (Å²) >= 11 is 0. The smallest absolute Gasteiger partial charge is 0.229 e. The van der Waals surface area contributed by atoms with E-state index < -0.39 is 0 Å². The molecule has 0 saturated carbocycles. The molecule has 3 rings (SSSR count). The van der Waals surface area contributed by atoms with Crippen molar-refractivity contribution in [2.75, 3.05) is 18.4 Å². The minimum Gasteiger partial charge on any atom is -0.342 e. The van der Waals surface area contributed by atoms with Crippen molar-refractivity contribution in [2.45, 2.75) is 33.1 Å². The summed E-state index contributed by atoms with van der Waals surface area (Å²) in [6.45, 7) is 5.00. The number of para-hydroxylation sites is 1. The van der Waals surface area contributed by atoms with Crippen LogP contribution in [-0.2, 0) is 22.4 Å². The van der Waals surface area contributed by atoms with Crippen LogP contribution in [-0.4, -0.2) is 29.8 Å². The van der Waals surface area contributed by atoms with Gasteiger partial charge >= 0.3 is 0 Å². The van der Waals surface area contributed by atoms with Gasteiger partial charge < -0.3 is 10.2 Å². The van der Waals surface area contributed by atoms with Crippen LogP contribution >= 0.6 is 0 Å². The number of nitrogens with one attached hydrogen (secondary N) is 1. The molecule has 1 aliphatic rings. The Labute approximate surface area is 159 Å². The fraction of sp³-hybridized carbons (Fsp3) is 0.364. The number of carbonyl (C=O) groups is 2. The Bertz CT molecular complexity index is 833. The Morgan fingerprint density at radius 3 is 2.67 bits per heavy atom. The third kappa shape index (κ3) is 4.54. The molecule has 0 aliphatic carbocycles. The number of benzene rings is 2. The first kappa shape index (κ1) is 19.1. The number of amides is 2. The highest BCUT2D eigenvalue weighted by atomic mass is 19.1. The molecular formula is C22H25FN2O2. The van der Waals surface area contributed by atoms with Gasteiger partial charge in [-0.3, -0.25) is 9.59 Å². The molecule has 4 nitrogen and oxygen atoms in total. The van der Waals surface area contributed by atoms with Crippen LogP contribution in [0.1, 0.15) is 30.0 Å². The van der Waals surface area contributed by atoms with Crippen LogP contribution in [0.4, 0.5) is 10.1 Å². The maximum absolute atomic E-state index is 13.0. The fourth-order valence-corrected chi connectivity index (χ4v) is 3.51. The van der Waals surface area contributed by atoms with Gasteiger partial charge in [-0.05, 0) is 48.6 Å². The van der Waals surface area contributed by atoms with Crippen LogP contribution in [0.5, 0.6) is 0 Å². The van der Waals surface area contributed by atoms with E-state index in [1.54, 1.807) is 17.0 Å². The van der Waals surface area contributed by atoms with Crippen molar-refractivity contribution in [3.8, 4) is 0 Å². The average Bonchev–Trinajstić information content (AvgIpc) is 3.04. The lowest BCUT2D eigenvalue weighted by molar-refractivity contribution is -0.128. The largest absolute Gasteiger partial charge is 0.342 e. The van der Waals surface area contributed by atoms with E-state index in [1.807, 2.05) is 25.1 Å². The minimum absolute atomic E-state index is 0.00207. The lowest BCUT2D eigenvalue weighted by Gasteiger charge is -2.18. The first-order valence-corrected chi connectivity index (χ1v) is 9.39. The lowest BCUT2D eigenvalue weighted by Crippen LogP contribution is -2.30. The summed E-state index contributed by atoms with van der Waals surface area (Å²) in [5, 5.41) is 3.03. The van der Waals surface area contributed by atoms with Gasteiger partial charge in [0.2, 0.25) is 11.8 Å². The highest BCUT2D eigenvalue weighted by molar-refractivity contribution is 5.98. The molecule has 142 valence electrons. The van der Waals surface area contributed by atoms with Gasteiger partial charge in [0.1, 0.15) is 5.82 Å². The van der Waals surface area contributed by atoms with Gasteiger partial charge in [0.25, 0.3) is 0 Å². The predicted octanol–water partition coefficient (Wildman–Crippen LogP) is 3.73. The molecule has 0 aromatic heterocycles. The lowest BCUT2D eigenvalue weighted by atomic mass is 10.0. The van der Waals surface area contributed by atoms with Crippen molar-refractivity contribution in [3.63, 3.8) is 0 Å². The molecule has 2 amide bonds. The van der Waals surface area contributed by atoms with Gasteiger partial charge in [-0.1, -0.05) is 37.3 Å². The van der Waals surface area contributed by atoms with Crippen LogP contribution in [0.2, 0.25) is 0 Å². The maximum Gasteiger partial charge on any atom is 0.229 e. The highest BCUT2D eigenvalue weighted by Gasteiger charge is 2.34. The van der Waals surface area contributed by atoms with Gasteiger partial charge in [-0.2, -0.15) is 0 Å². The zero-order valence-electron chi connectivity index (χ0n) is 15.8. The summed E-state index contributed by atoms with van der Waals surface area (Å²) in [7, 11) is 0. The summed E-state index contributed by atoms with van der Waals surface area (Å²) < 4.78 is 13.0. The van der Waals surface area contributed by atoms with E-state index in [9.17, 15) is 14.0 Å². The molecule has 1 heterocycles. The molecule has 5 heteroatoms. The van der Waals surface area contributed by atoms with Crippen LogP contribution in [0, 0.1) is 18.7 Å². The average molecular weight is 368 g/mol. The Balaban J connectivity index is 1.60. The summed E-state index contributed by atoms with van der Waals surface area (Å²) in [5.74, 6) is -0.709. The SMILES string of the molecule is CCc1cccc(C)c1NC(=O)[C@@H]1CC(=O)N(CCc2ccc(F)cc2)C1. The molecule has 2 aromatic rings. The van der Waals surface area contributed by atoms with Crippen molar-refractivity contribution in [1.29, 1.82) is 0 Å². The van der Waals surface area contributed by atoms with E-state index >= 15 is 0 Å². The number of carbonyl (C=O) groups excluding carboxylic acids is 2. The van der Waals surface area contributed by atoms with Gasteiger partial charge in [-0.15, -0.1) is 0 Å². The van der Waals surface area contributed by atoms with E-state index in [4.69, 9.17) is 0 Å². The quantitative estimate of drug-likeness (QED) is 0.845. The second-order valence-corrected chi connectivity index (χ2v) is 7.07. The molecular weight excluding hydrogens is 343 g/mol. The number of hydrogen-bond donors (Lipinski definition) is 1. The predicted molar refractivity (Wildman–Crippen MR) is 104 cm³/mol. The molecule has 2 aromatic carbocycles. The number of likely N-dealkylation sites (tertiary alicyclic amines) is 1. The summed E-state index contributed by atoms with van der Waals surface area (Å²) in [6.07, 6.45) is 1.73. The van der Waals surface area contributed by atoms with Gasteiger partial charge in [0.15, 0.2) is 0 Å². The normalized spacial score (nSPS) is 16.6. The molecule has 0 spiro atoms. The standard InChI is InChI=1S/C22H25FN2O2/c1-3-17-6-4-5-15(2)21(17)24-22(27)18-13-20(26)25(14-18)12-11-16-7-9-19(23)10-8-16/h4-10,18H,3,11-14H2,1-2H3,(H,24,27)/t18-/m1/s1. The van der Waals surface area contributed by atoms with Gasteiger partial charge in [-0.25, -0.2) is 4.39 Å². The Kier molecular flexibility index (Phi) is 5.89. The number of hydrogen-bond acceptors (Lipinski definition) is 2. The van der Waals surface area contributed by atoms with Crippen LogP contribution in [0.15, 0.2) is 42.5 Å². The molecule has 1 N–H and O–H groups in total. The third-order valence-corrected chi connectivity index (χ3v) is 5.16. The first-order chi connectivity index (χ1) is 13.0. The van der Waals surface area contributed by atoms with Gasteiger partial charge in [0.05, 0.1) is 5.92 Å². The van der Waals surface area contributed by atoms with Crippen LogP contribution in [0.3, 0.4) is 0 Å². The second-order valence-electron chi connectivity index (χ2n) is 7.07. The number of aryl methyl sites for hydroxylation is 2. The van der Waals surface area contributed by atoms with E-state index in [0.717, 1.165) is 28.8 Å². The van der Waals surface area contributed by atoms with E-state index in [-0.39, 0.29) is 30.0 Å². The first-order valence-electron chi connectivity index (χ1n) is 9.39. The van der Waals surface area contributed by atoms with E-state index in [0.29, 0.717) is 19.5 Å². The van der Waals surface area contributed by atoms with E-state index in [2.05, 4.69) is 12.2 Å². The molecule has 1 aliphatic heterocycles. The van der Waals surface area contributed by atoms with Crippen molar-refractivity contribution in [1.82, 2.24) is 4.90 Å². The molecule has 27 heavy (non-hydrogen) atoms. The fourth-order valence-electron chi connectivity index (χ4n) is 3.51. The number of halogens is 1. The zero-order chi connectivity index (χ0) is 19.4. The monoisotopic (exact) mass is 368 g/mol. The van der Waals surface area contributed by atoms with Crippen LogP contribution < -0.4 is 5.32 Å². The molecule has 1 saturated heterocycles. The van der Waals surface area contributed by atoms with Crippen molar-refractivity contribution in [2.24, 2.45) is 5.92 Å². The number of nitrogens with zero attached hydrogens (tertiary/aromatic N) is 1. The Morgan fingerprint density at radius 1 is 1.22 bits per heavy atom. The van der Waals surface area contributed by atoms with Gasteiger partial charge in [0, 0.05) is 25.2 Å². The Morgan fingerprint density at radius 2 is 1.96 bits per heavy atom. The van der Waals surface area contributed by atoms with Crippen molar-refractivity contribution >= 4 is 17.5 Å². The topological polar surface area (TPSA) is 49.4 Å². The molecule has 0 radical (unpaired) electrons. The second kappa shape index (κ2) is 8.33. The third-order valence-electron chi connectivity index (χ3n) is 5.16.